The van der Waals surface area contributed by atoms with Crippen LogP contribution in [0.4, 0.5) is 0 Å². The molecule has 134 valence electrons. The first-order chi connectivity index (χ1) is 11.5. The summed E-state index contributed by atoms with van der Waals surface area (Å²) in [6.07, 6.45) is 9.38. The standard InChI is InChI=1S/C19H31N3O2/c1-15-16(2)20-14-22(18(15)23)12-17-6-10-21(11-7-17)13-19(24)8-4-3-5-9-19/h14,17,24H,3-13H2,1-2H3. The van der Waals surface area contributed by atoms with E-state index in [2.05, 4.69) is 9.88 Å². The summed E-state index contributed by atoms with van der Waals surface area (Å²) in [5.74, 6) is 0.531. The Balaban J connectivity index is 1.52. The van der Waals surface area contributed by atoms with E-state index in [0.717, 1.165) is 76.0 Å². The third kappa shape index (κ3) is 4.06. The molecule has 0 aromatic carbocycles. The molecule has 5 heteroatoms. The van der Waals surface area contributed by atoms with E-state index in [1.54, 1.807) is 10.9 Å². The summed E-state index contributed by atoms with van der Waals surface area (Å²) in [6.45, 7) is 7.39. The summed E-state index contributed by atoms with van der Waals surface area (Å²) in [7, 11) is 0. The molecule has 0 bridgehead atoms. The van der Waals surface area contributed by atoms with Crippen molar-refractivity contribution in [3.8, 4) is 0 Å². The fraction of sp³-hybridized carbons (Fsp3) is 0.789. The Kier molecular flexibility index (Phi) is 5.40. The highest BCUT2D eigenvalue weighted by Crippen LogP contribution is 2.30. The lowest BCUT2D eigenvalue weighted by Gasteiger charge is -2.40. The molecule has 1 aliphatic carbocycles. The smallest absolute Gasteiger partial charge is 0.256 e. The van der Waals surface area contributed by atoms with Gasteiger partial charge in [-0.2, -0.15) is 0 Å². The van der Waals surface area contributed by atoms with Gasteiger partial charge in [-0.05, 0) is 58.5 Å². The summed E-state index contributed by atoms with van der Waals surface area (Å²) in [5, 5.41) is 10.7. The molecule has 1 aliphatic heterocycles. The molecule has 1 N–H and O–H groups in total. The number of aryl methyl sites for hydroxylation is 1. The van der Waals surface area contributed by atoms with E-state index in [1.807, 2.05) is 13.8 Å². The van der Waals surface area contributed by atoms with Crippen molar-refractivity contribution in [2.75, 3.05) is 19.6 Å². The largest absolute Gasteiger partial charge is 0.389 e. The van der Waals surface area contributed by atoms with E-state index in [1.165, 1.54) is 6.42 Å². The second-order valence-electron chi connectivity index (χ2n) is 7.92. The van der Waals surface area contributed by atoms with E-state index in [4.69, 9.17) is 0 Å². The monoisotopic (exact) mass is 333 g/mol. The van der Waals surface area contributed by atoms with Crippen LogP contribution in [0.25, 0.3) is 0 Å². The van der Waals surface area contributed by atoms with Gasteiger partial charge in [0.05, 0.1) is 11.9 Å². The number of rotatable bonds is 4. The zero-order valence-electron chi connectivity index (χ0n) is 15.1. The van der Waals surface area contributed by atoms with Gasteiger partial charge in [0.1, 0.15) is 0 Å². The van der Waals surface area contributed by atoms with Crippen LogP contribution >= 0.6 is 0 Å². The highest BCUT2D eigenvalue weighted by molar-refractivity contribution is 5.12. The Morgan fingerprint density at radius 2 is 1.88 bits per heavy atom. The maximum Gasteiger partial charge on any atom is 0.256 e. The lowest BCUT2D eigenvalue weighted by Crippen LogP contribution is -2.47. The maximum absolute atomic E-state index is 12.3. The number of likely N-dealkylation sites (tertiary alicyclic amines) is 1. The summed E-state index contributed by atoms with van der Waals surface area (Å²) in [6, 6.07) is 0. The Morgan fingerprint density at radius 3 is 2.54 bits per heavy atom. The lowest BCUT2D eigenvalue weighted by molar-refractivity contribution is -0.0331. The summed E-state index contributed by atoms with van der Waals surface area (Å²) >= 11 is 0. The highest BCUT2D eigenvalue weighted by atomic mass is 16.3. The predicted molar refractivity (Wildman–Crippen MR) is 95.2 cm³/mol. The quantitative estimate of drug-likeness (QED) is 0.918. The molecule has 0 atom stereocenters. The zero-order chi connectivity index (χ0) is 17.2. The molecule has 2 fully saturated rings. The fourth-order valence-electron chi connectivity index (χ4n) is 4.20. The Labute approximate surface area is 144 Å². The van der Waals surface area contributed by atoms with Gasteiger partial charge in [-0.25, -0.2) is 4.98 Å². The molecule has 5 nitrogen and oxygen atoms in total. The molecule has 2 aliphatic rings. The molecule has 0 unspecified atom stereocenters. The Morgan fingerprint density at radius 1 is 1.21 bits per heavy atom. The molecule has 3 rings (SSSR count). The molecule has 1 aromatic rings. The average Bonchev–Trinajstić information content (AvgIpc) is 2.57. The first kappa shape index (κ1) is 17.6. The highest BCUT2D eigenvalue weighted by Gasteiger charge is 2.32. The number of nitrogens with zero attached hydrogens (tertiary/aromatic N) is 3. The first-order valence-electron chi connectivity index (χ1n) is 9.44. The Hall–Kier alpha value is -1.20. The van der Waals surface area contributed by atoms with Crippen molar-refractivity contribution in [2.45, 2.75) is 70.9 Å². The van der Waals surface area contributed by atoms with Gasteiger partial charge in [0.2, 0.25) is 0 Å². The van der Waals surface area contributed by atoms with Gasteiger partial charge < -0.3 is 10.0 Å². The van der Waals surface area contributed by atoms with E-state index in [9.17, 15) is 9.90 Å². The van der Waals surface area contributed by atoms with Crippen LogP contribution in [0.15, 0.2) is 11.1 Å². The van der Waals surface area contributed by atoms with Crippen molar-refractivity contribution in [3.63, 3.8) is 0 Å². The third-order valence-corrected chi connectivity index (χ3v) is 5.98. The van der Waals surface area contributed by atoms with Crippen LogP contribution in [0.1, 0.15) is 56.2 Å². The Bertz CT molecular complexity index is 612. The van der Waals surface area contributed by atoms with Gasteiger partial charge in [-0.1, -0.05) is 19.3 Å². The minimum atomic E-state index is -0.458. The minimum absolute atomic E-state index is 0.0986. The molecule has 2 heterocycles. The number of hydrogen-bond donors (Lipinski definition) is 1. The van der Waals surface area contributed by atoms with Crippen molar-refractivity contribution in [1.29, 1.82) is 0 Å². The van der Waals surface area contributed by atoms with Gasteiger partial charge in [0.25, 0.3) is 5.56 Å². The van der Waals surface area contributed by atoms with Gasteiger partial charge in [-0.3, -0.25) is 9.36 Å². The topological polar surface area (TPSA) is 58.4 Å². The average molecular weight is 333 g/mol. The molecule has 1 saturated heterocycles. The number of aromatic nitrogens is 2. The SMILES string of the molecule is Cc1ncn(CC2CCN(CC3(O)CCCCC3)CC2)c(=O)c1C. The number of aliphatic hydroxyl groups is 1. The molecule has 1 saturated carbocycles. The zero-order valence-corrected chi connectivity index (χ0v) is 15.1. The van der Waals surface area contributed by atoms with Crippen LogP contribution in [0, 0.1) is 19.8 Å². The van der Waals surface area contributed by atoms with E-state index < -0.39 is 5.60 Å². The number of β-amino-alcohol motifs (C(OH)–C–C–N with tert-alkyl or cyclic N) is 1. The van der Waals surface area contributed by atoms with Gasteiger partial charge in [-0.15, -0.1) is 0 Å². The predicted octanol–water partition coefficient (Wildman–Crippen LogP) is 2.27. The van der Waals surface area contributed by atoms with Crippen LogP contribution < -0.4 is 5.56 Å². The van der Waals surface area contributed by atoms with Crippen LogP contribution in [-0.4, -0.2) is 44.8 Å². The fourth-order valence-corrected chi connectivity index (χ4v) is 4.20. The summed E-state index contributed by atoms with van der Waals surface area (Å²) in [5.41, 5.74) is 1.22. The van der Waals surface area contributed by atoms with Gasteiger partial charge in [0.15, 0.2) is 0 Å². The van der Waals surface area contributed by atoms with E-state index >= 15 is 0 Å². The normalized spacial score (nSPS) is 22.6. The van der Waals surface area contributed by atoms with Crippen LogP contribution in [-0.2, 0) is 6.54 Å². The molecular weight excluding hydrogens is 302 g/mol. The van der Waals surface area contributed by atoms with E-state index in [0.29, 0.717) is 5.92 Å². The van der Waals surface area contributed by atoms with Crippen LogP contribution in [0.3, 0.4) is 0 Å². The summed E-state index contributed by atoms with van der Waals surface area (Å²) < 4.78 is 1.78. The molecule has 0 amide bonds. The molecule has 0 spiro atoms. The first-order valence-corrected chi connectivity index (χ1v) is 9.44. The minimum Gasteiger partial charge on any atom is -0.389 e. The van der Waals surface area contributed by atoms with Crippen molar-refractivity contribution in [2.24, 2.45) is 5.92 Å². The molecular formula is C19H31N3O2. The van der Waals surface area contributed by atoms with Gasteiger partial charge in [0, 0.05) is 24.3 Å². The van der Waals surface area contributed by atoms with Crippen molar-refractivity contribution in [1.82, 2.24) is 14.5 Å². The number of piperidine rings is 1. The van der Waals surface area contributed by atoms with Crippen molar-refractivity contribution >= 4 is 0 Å². The molecule has 0 radical (unpaired) electrons. The second-order valence-corrected chi connectivity index (χ2v) is 7.92. The molecule has 1 aromatic heterocycles. The number of hydrogen-bond acceptors (Lipinski definition) is 4. The summed E-state index contributed by atoms with van der Waals surface area (Å²) in [4.78, 5) is 19.1. The lowest BCUT2D eigenvalue weighted by atomic mass is 9.84. The molecule has 24 heavy (non-hydrogen) atoms. The maximum atomic E-state index is 12.3. The van der Waals surface area contributed by atoms with Crippen molar-refractivity contribution in [3.05, 3.63) is 27.9 Å². The van der Waals surface area contributed by atoms with Gasteiger partial charge >= 0.3 is 0 Å². The van der Waals surface area contributed by atoms with Crippen molar-refractivity contribution < 1.29 is 5.11 Å². The van der Waals surface area contributed by atoms with Crippen LogP contribution in [0.5, 0.6) is 0 Å². The van der Waals surface area contributed by atoms with Crippen LogP contribution in [0.2, 0.25) is 0 Å². The van der Waals surface area contributed by atoms with E-state index in [-0.39, 0.29) is 5.56 Å². The second kappa shape index (κ2) is 7.36. The third-order valence-electron chi connectivity index (χ3n) is 5.98.